The molecular formula is C13H18BrNO. The first-order valence-corrected chi connectivity index (χ1v) is 6.67. The Kier molecular flexibility index (Phi) is 4.00. The molecule has 1 saturated carbocycles. The molecule has 0 heterocycles. The van der Waals surface area contributed by atoms with Gasteiger partial charge in [-0.15, -0.1) is 0 Å². The van der Waals surface area contributed by atoms with Gasteiger partial charge >= 0.3 is 0 Å². The summed E-state index contributed by atoms with van der Waals surface area (Å²) in [6.45, 7) is 3.94. The molecule has 0 amide bonds. The predicted molar refractivity (Wildman–Crippen MR) is 69.4 cm³/mol. The molecule has 1 unspecified atom stereocenters. The van der Waals surface area contributed by atoms with Crippen molar-refractivity contribution in [3.8, 4) is 0 Å². The zero-order valence-corrected chi connectivity index (χ0v) is 11.2. The Morgan fingerprint density at radius 1 is 1.38 bits per heavy atom. The van der Waals surface area contributed by atoms with Crippen LogP contribution in [0.15, 0.2) is 28.7 Å². The zero-order chi connectivity index (χ0) is 11.5. The summed E-state index contributed by atoms with van der Waals surface area (Å²) in [7, 11) is 0. The van der Waals surface area contributed by atoms with Crippen molar-refractivity contribution in [2.45, 2.75) is 31.9 Å². The molecule has 2 nitrogen and oxygen atoms in total. The first-order chi connectivity index (χ1) is 7.70. The summed E-state index contributed by atoms with van der Waals surface area (Å²) in [5.74, 6) is 0. The maximum atomic E-state index is 10.1. The molecule has 0 radical (unpaired) electrons. The van der Waals surface area contributed by atoms with Crippen molar-refractivity contribution in [2.24, 2.45) is 0 Å². The fourth-order valence-corrected chi connectivity index (χ4v) is 2.25. The van der Waals surface area contributed by atoms with Crippen molar-refractivity contribution < 1.29 is 5.11 Å². The van der Waals surface area contributed by atoms with E-state index < -0.39 is 0 Å². The van der Waals surface area contributed by atoms with E-state index in [2.05, 4.69) is 27.8 Å². The van der Waals surface area contributed by atoms with Crippen LogP contribution in [0, 0.1) is 0 Å². The summed E-state index contributed by atoms with van der Waals surface area (Å²) in [5.41, 5.74) is 1.00. The SMILES string of the molecule is CCN(CC(O)c1ccc(Br)cc1)C1CC1. The Morgan fingerprint density at radius 2 is 2.00 bits per heavy atom. The normalized spacial score (nSPS) is 17.8. The van der Waals surface area contributed by atoms with E-state index >= 15 is 0 Å². The Hall–Kier alpha value is -0.380. The molecule has 0 aromatic heterocycles. The molecule has 0 saturated heterocycles. The van der Waals surface area contributed by atoms with Crippen molar-refractivity contribution in [3.05, 3.63) is 34.3 Å². The number of halogens is 1. The van der Waals surface area contributed by atoms with E-state index in [-0.39, 0.29) is 6.10 Å². The lowest BCUT2D eigenvalue weighted by Crippen LogP contribution is -2.30. The molecule has 16 heavy (non-hydrogen) atoms. The summed E-state index contributed by atoms with van der Waals surface area (Å²) in [4.78, 5) is 2.37. The van der Waals surface area contributed by atoms with Crippen molar-refractivity contribution in [2.75, 3.05) is 13.1 Å². The van der Waals surface area contributed by atoms with Crippen molar-refractivity contribution in [1.82, 2.24) is 4.90 Å². The van der Waals surface area contributed by atoms with Crippen LogP contribution >= 0.6 is 15.9 Å². The molecule has 0 aliphatic heterocycles. The lowest BCUT2D eigenvalue weighted by molar-refractivity contribution is 0.112. The fourth-order valence-electron chi connectivity index (χ4n) is 1.99. The van der Waals surface area contributed by atoms with Crippen LogP contribution in [-0.2, 0) is 0 Å². The monoisotopic (exact) mass is 283 g/mol. The van der Waals surface area contributed by atoms with E-state index in [1.807, 2.05) is 24.3 Å². The van der Waals surface area contributed by atoms with Crippen molar-refractivity contribution >= 4 is 15.9 Å². The molecule has 1 aliphatic rings. The molecule has 1 aromatic carbocycles. The predicted octanol–water partition coefficient (Wildman–Crippen LogP) is 2.97. The van der Waals surface area contributed by atoms with Crippen molar-refractivity contribution in [3.63, 3.8) is 0 Å². The second-order valence-corrected chi connectivity index (χ2v) is 5.30. The van der Waals surface area contributed by atoms with Gasteiger partial charge in [0.15, 0.2) is 0 Å². The second kappa shape index (κ2) is 5.30. The quantitative estimate of drug-likeness (QED) is 0.898. The zero-order valence-electron chi connectivity index (χ0n) is 9.56. The Morgan fingerprint density at radius 3 is 2.50 bits per heavy atom. The third kappa shape index (κ3) is 3.06. The minimum atomic E-state index is -0.367. The van der Waals surface area contributed by atoms with E-state index in [9.17, 15) is 5.11 Å². The lowest BCUT2D eigenvalue weighted by atomic mass is 10.1. The van der Waals surface area contributed by atoms with Gasteiger partial charge in [0.25, 0.3) is 0 Å². The number of likely N-dealkylation sites (N-methyl/N-ethyl adjacent to an activating group) is 1. The second-order valence-electron chi connectivity index (χ2n) is 4.39. The first-order valence-electron chi connectivity index (χ1n) is 5.88. The van der Waals surface area contributed by atoms with Gasteiger partial charge in [0.1, 0.15) is 0 Å². The highest BCUT2D eigenvalue weighted by Gasteiger charge is 2.29. The average Bonchev–Trinajstić information content (AvgIpc) is 3.10. The van der Waals surface area contributed by atoms with Gasteiger partial charge in [-0.05, 0) is 37.1 Å². The number of aliphatic hydroxyl groups is 1. The van der Waals surface area contributed by atoms with Gasteiger partial charge in [0.2, 0.25) is 0 Å². The van der Waals surface area contributed by atoms with E-state index in [1.54, 1.807) is 0 Å². The molecule has 2 rings (SSSR count). The molecule has 1 N–H and O–H groups in total. The third-order valence-electron chi connectivity index (χ3n) is 3.13. The minimum absolute atomic E-state index is 0.367. The van der Waals surface area contributed by atoms with Gasteiger partial charge in [0.05, 0.1) is 6.10 Å². The van der Waals surface area contributed by atoms with Crippen LogP contribution < -0.4 is 0 Å². The number of rotatable bonds is 5. The molecule has 0 spiro atoms. The largest absolute Gasteiger partial charge is 0.387 e. The number of nitrogens with zero attached hydrogens (tertiary/aromatic N) is 1. The van der Waals surface area contributed by atoms with Crippen LogP contribution in [0.25, 0.3) is 0 Å². The highest BCUT2D eigenvalue weighted by Crippen LogP contribution is 2.28. The minimum Gasteiger partial charge on any atom is -0.387 e. The molecule has 88 valence electrons. The van der Waals surface area contributed by atoms with Crippen LogP contribution in [0.5, 0.6) is 0 Å². The van der Waals surface area contributed by atoms with Crippen LogP contribution in [-0.4, -0.2) is 29.1 Å². The summed E-state index contributed by atoms with van der Waals surface area (Å²) >= 11 is 3.40. The molecular weight excluding hydrogens is 266 g/mol. The van der Waals surface area contributed by atoms with Crippen LogP contribution in [0.1, 0.15) is 31.4 Å². The molecule has 1 aliphatic carbocycles. The highest BCUT2D eigenvalue weighted by molar-refractivity contribution is 9.10. The number of hydrogen-bond acceptors (Lipinski definition) is 2. The summed E-state index contributed by atoms with van der Waals surface area (Å²) < 4.78 is 1.05. The standard InChI is InChI=1S/C13H18BrNO/c1-2-15(12-7-8-12)9-13(16)10-3-5-11(14)6-4-10/h3-6,12-13,16H,2,7-9H2,1H3. The Bertz CT molecular complexity index is 334. The first kappa shape index (κ1) is 12.1. The van der Waals surface area contributed by atoms with Gasteiger partial charge in [-0.2, -0.15) is 0 Å². The number of hydrogen-bond donors (Lipinski definition) is 1. The van der Waals surface area contributed by atoms with Crippen LogP contribution in [0.3, 0.4) is 0 Å². The third-order valence-corrected chi connectivity index (χ3v) is 3.66. The van der Waals surface area contributed by atoms with Crippen LogP contribution in [0.4, 0.5) is 0 Å². The topological polar surface area (TPSA) is 23.5 Å². The fraction of sp³-hybridized carbons (Fsp3) is 0.538. The van der Waals surface area contributed by atoms with E-state index in [0.717, 1.165) is 29.2 Å². The van der Waals surface area contributed by atoms with Crippen molar-refractivity contribution in [1.29, 1.82) is 0 Å². The molecule has 3 heteroatoms. The van der Waals surface area contributed by atoms with Gasteiger partial charge in [-0.25, -0.2) is 0 Å². The maximum Gasteiger partial charge on any atom is 0.0917 e. The van der Waals surface area contributed by atoms with Crippen LogP contribution in [0.2, 0.25) is 0 Å². The molecule has 0 bridgehead atoms. The van der Waals surface area contributed by atoms with Gasteiger partial charge < -0.3 is 5.11 Å². The molecule has 1 atom stereocenters. The Labute approximate surface area is 105 Å². The van der Waals surface area contributed by atoms with Gasteiger partial charge in [0, 0.05) is 17.1 Å². The molecule has 1 fully saturated rings. The number of aliphatic hydroxyl groups excluding tert-OH is 1. The van der Waals surface area contributed by atoms with E-state index in [1.165, 1.54) is 12.8 Å². The average molecular weight is 284 g/mol. The lowest BCUT2D eigenvalue weighted by Gasteiger charge is -2.23. The smallest absolute Gasteiger partial charge is 0.0917 e. The van der Waals surface area contributed by atoms with E-state index in [0.29, 0.717) is 0 Å². The highest BCUT2D eigenvalue weighted by atomic mass is 79.9. The Balaban J connectivity index is 1.95. The molecule has 1 aromatic rings. The van der Waals surface area contributed by atoms with Gasteiger partial charge in [-0.1, -0.05) is 35.0 Å². The summed E-state index contributed by atoms with van der Waals surface area (Å²) in [6, 6.07) is 8.64. The van der Waals surface area contributed by atoms with Gasteiger partial charge in [-0.3, -0.25) is 4.90 Å². The maximum absolute atomic E-state index is 10.1. The number of benzene rings is 1. The summed E-state index contributed by atoms with van der Waals surface area (Å²) in [5, 5.41) is 10.1. The summed E-state index contributed by atoms with van der Waals surface area (Å²) in [6.07, 6.45) is 2.22. The van der Waals surface area contributed by atoms with E-state index in [4.69, 9.17) is 0 Å².